The highest BCUT2D eigenvalue weighted by atomic mass is 32.1. The summed E-state index contributed by atoms with van der Waals surface area (Å²) in [4.78, 5) is 0. The zero-order chi connectivity index (χ0) is 14.7. The molecular weight excluding hydrogens is 280 g/mol. The maximum atomic E-state index is 5.96. The largest absolute Gasteiger partial charge is 0.457 e. The molecule has 0 aliphatic carbocycles. The van der Waals surface area contributed by atoms with Gasteiger partial charge in [0.15, 0.2) is 5.11 Å². The molecule has 0 spiro atoms. The number of thiocarbonyl (C=S) groups is 1. The quantitative estimate of drug-likeness (QED) is 0.708. The van der Waals surface area contributed by atoms with Gasteiger partial charge in [0.2, 0.25) is 0 Å². The highest BCUT2D eigenvalue weighted by Gasteiger charge is 2.03. The fraction of sp³-hybridized carbons (Fsp3) is 0. The van der Waals surface area contributed by atoms with Gasteiger partial charge in [-0.2, -0.15) is 0 Å². The highest BCUT2D eigenvalue weighted by Crippen LogP contribution is 2.30. The lowest BCUT2D eigenvalue weighted by Crippen LogP contribution is -2.18. The van der Waals surface area contributed by atoms with Crippen molar-refractivity contribution in [3.63, 3.8) is 0 Å². The zero-order valence-electron chi connectivity index (χ0n) is 11.2. The summed E-state index contributed by atoms with van der Waals surface area (Å²) in [7, 11) is 0. The van der Waals surface area contributed by atoms with Crippen molar-refractivity contribution >= 4 is 33.8 Å². The molecule has 0 saturated carbocycles. The highest BCUT2D eigenvalue weighted by molar-refractivity contribution is 7.80. The van der Waals surface area contributed by atoms with Crippen LogP contribution in [0, 0.1) is 0 Å². The first kappa shape index (κ1) is 13.4. The molecule has 0 atom stereocenters. The zero-order valence-corrected chi connectivity index (χ0v) is 12.1. The third kappa shape index (κ3) is 3.12. The van der Waals surface area contributed by atoms with Crippen molar-refractivity contribution in [2.24, 2.45) is 5.73 Å². The Morgan fingerprint density at radius 3 is 2.38 bits per heavy atom. The number of benzene rings is 3. The number of hydrogen-bond acceptors (Lipinski definition) is 2. The predicted octanol–water partition coefficient (Wildman–Crippen LogP) is 4.29. The van der Waals surface area contributed by atoms with Crippen LogP contribution in [0.1, 0.15) is 0 Å². The van der Waals surface area contributed by atoms with E-state index in [2.05, 4.69) is 17.4 Å². The fourth-order valence-corrected chi connectivity index (χ4v) is 2.28. The van der Waals surface area contributed by atoms with Crippen LogP contribution in [0.5, 0.6) is 11.5 Å². The Kier molecular flexibility index (Phi) is 3.71. The summed E-state index contributed by atoms with van der Waals surface area (Å²) in [6.45, 7) is 0. The van der Waals surface area contributed by atoms with E-state index in [4.69, 9.17) is 22.7 Å². The molecule has 0 aromatic heterocycles. The Morgan fingerprint density at radius 2 is 1.62 bits per heavy atom. The number of anilines is 1. The molecule has 3 N–H and O–H groups in total. The van der Waals surface area contributed by atoms with E-state index < -0.39 is 0 Å². The van der Waals surface area contributed by atoms with E-state index in [-0.39, 0.29) is 5.11 Å². The van der Waals surface area contributed by atoms with Crippen molar-refractivity contribution in [2.45, 2.75) is 0 Å². The number of nitrogens with two attached hydrogens (primary N) is 1. The minimum Gasteiger partial charge on any atom is -0.457 e. The van der Waals surface area contributed by atoms with Crippen molar-refractivity contribution < 1.29 is 4.74 Å². The summed E-state index contributed by atoms with van der Waals surface area (Å²) in [5.41, 5.74) is 6.28. The van der Waals surface area contributed by atoms with Gasteiger partial charge in [0.25, 0.3) is 0 Å². The molecule has 0 fully saturated rings. The molecule has 0 unspecified atom stereocenters. The van der Waals surface area contributed by atoms with Crippen LogP contribution in [-0.2, 0) is 0 Å². The van der Waals surface area contributed by atoms with E-state index in [1.165, 1.54) is 0 Å². The Bertz CT molecular complexity index is 779. The third-order valence-electron chi connectivity index (χ3n) is 3.10. The second-order valence-electron chi connectivity index (χ2n) is 4.59. The molecular formula is C17H14N2OS. The van der Waals surface area contributed by atoms with Gasteiger partial charge in [-0.15, -0.1) is 0 Å². The van der Waals surface area contributed by atoms with Crippen LogP contribution >= 0.6 is 12.2 Å². The summed E-state index contributed by atoms with van der Waals surface area (Å²) in [6, 6.07) is 21.7. The van der Waals surface area contributed by atoms with E-state index >= 15 is 0 Å². The molecule has 3 aromatic carbocycles. The predicted molar refractivity (Wildman–Crippen MR) is 90.9 cm³/mol. The monoisotopic (exact) mass is 294 g/mol. The van der Waals surface area contributed by atoms with Gasteiger partial charge in [0.1, 0.15) is 11.5 Å². The SMILES string of the molecule is NC(=S)Nc1ccc(Oc2cccc3ccccc23)cc1. The van der Waals surface area contributed by atoms with Crippen molar-refractivity contribution in [3.8, 4) is 11.5 Å². The maximum Gasteiger partial charge on any atom is 0.168 e. The Balaban J connectivity index is 1.87. The number of nitrogens with one attached hydrogen (secondary N) is 1. The van der Waals surface area contributed by atoms with E-state index in [0.29, 0.717) is 0 Å². The number of ether oxygens (including phenoxy) is 1. The van der Waals surface area contributed by atoms with Gasteiger partial charge >= 0.3 is 0 Å². The molecule has 104 valence electrons. The van der Waals surface area contributed by atoms with Crippen LogP contribution in [-0.4, -0.2) is 5.11 Å². The first-order chi connectivity index (χ1) is 10.2. The molecule has 21 heavy (non-hydrogen) atoms. The average molecular weight is 294 g/mol. The van der Waals surface area contributed by atoms with Gasteiger partial charge in [-0.3, -0.25) is 0 Å². The Morgan fingerprint density at radius 1 is 0.905 bits per heavy atom. The first-order valence-electron chi connectivity index (χ1n) is 6.54. The van der Waals surface area contributed by atoms with Gasteiger partial charge in [-0.25, -0.2) is 0 Å². The van der Waals surface area contributed by atoms with Crippen LogP contribution < -0.4 is 15.8 Å². The summed E-state index contributed by atoms with van der Waals surface area (Å²) in [6.07, 6.45) is 0. The van der Waals surface area contributed by atoms with Gasteiger partial charge < -0.3 is 15.8 Å². The minimum absolute atomic E-state index is 0.248. The lowest BCUT2D eigenvalue weighted by Gasteiger charge is -2.10. The molecule has 3 nitrogen and oxygen atoms in total. The molecule has 0 aliphatic heterocycles. The van der Waals surface area contributed by atoms with Crippen LogP contribution in [0.25, 0.3) is 10.8 Å². The standard InChI is InChI=1S/C17H14N2OS/c18-17(21)19-13-8-10-14(11-9-13)20-16-7-3-5-12-4-1-2-6-15(12)16/h1-11H,(H3,18,19,21). The molecule has 3 aromatic rings. The third-order valence-corrected chi connectivity index (χ3v) is 3.20. The molecule has 3 rings (SSSR count). The van der Waals surface area contributed by atoms with E-state index in [1.807, 2.05) is 54.6 Å². The summed E-state index contributed by atoms with van der Waals surface area (Å²) >= 11 is 4.80. The molecule has 0 heterocycles. The number of fused-ring (bicyclic) bond motifs is 1. The van der Waals surface area contributed by atoms with Crippen LogP contribution in [0.2, 0.25) is 0 Å². The summed E-state index contributed by atoms with van der Waals surface area (Å²) in [5.74, 6) is 1.60. The summed E-state index contributed by atoms with van der Waals surface area (Å²) in [5, 5.41) is 5.37. The molecule has 0 saturated heterocycles. The van der Waals surface area contributed by atoms with E-state index in [1.54, 1.807) is 0 Å². The number of rotatable bonds is 3. The second kappa shape index (κ2) is 5.81. The Labute approximate surface area is 128 Å². The van der Waals surface area contributed by atoms with Gasteiger partial charge in [-0.1, -0.05) is 36.4 Å². The lowest BCUT2D eigenvalue weighted by molar-refractivity contribution is 0.488. The number of hydrogen-bond donors (Lipinski definition) is 2. The molecule has 0 bridgehead atoms. The minimum atomic E-state index is 0.248. The lowest BCUT2D eigenvalue weighted by atomic mass is 10.1. The van der Waals surface area contributed by atoms with Crippen molar-refractivity contribution in [1.29, 1.82) is 0 Å². The van der Waals surface area contributed by atoms with Crippen molar-refractivity contribution in [2.75, 3.05) is 5.32 Å². The smallest absolute Gasteiger partial charge is 0.168 e. The molecule has 0 radical (unpaired) electrons. The van der Waals surface area contributed by atoms with Gasteiger partial charge in [-0.05, 0) is 47.9 Å². The van der Waals surface area contributed by atoms with Crippen LogP contribution in [0.15, 0.2) is 66.7 Å². The Hall–Kier alpha value is -2.59. The molecule has 4 heteroatoms. The summed E-state index contributed by atoms with van der Waals surface area (Å²) < 4.78 is 5.96. The van der Waals surface area contributed by atoms with E-state index in [0.717, 1.165) is 28.0 Å². The van der Waals surface area contributed by atoms with Gasteiger partial charge in [0, 0.05) is 11.1 Å². The van der Waals surface area contributed by atoms with Crippen molar-refractivity contribution in [3.05, 3.63) is 66.7 Å². The van der Waals surface area contributed by atoms with E-state index in [9.17, 15) is 0 Å². The van der Waals surface area contributed by atoms with Crippen LogP contribution in [0.4, 0.5) is 5.69 Å². The topological polar surface area (TPSA) is 47.3 Å². The fourth-order valence-electron chi connectivity index (χ4n) is 2.16. The first-order valence-corrected chi connectivity index (χ1v) is 6.95. The maximum absolute atomic E-state index is 5.96. The van der Waals surface area contributed by atoms with Crippen molar-refractivity contribution in [1.82, 2.24) is 0 Å². The average Bonchev–Trinajstić information content (AvgIpc) is 2.49. The molecule has 0 aliphatic rings. The second-order valence-corrected chi connectivity index (χ2v) is 5.03. The van der Waals surface area contributed by atoms with Crippen LogP contribution in [0.3, 0.4) is 0 Å². The molecule has 0 amide bonds. The van der Waals surface area contributed by atoms with Gasteiger partial charge in [0.05, 0.1) is 0 Å². The normalized spacial score (nSPS) is 10.3.